The van der Waals surface area contributed by atoms with Gasteiger partial charge in [-0.3, -0.25) is 4.79 Å². The quantitative estimate of drug-likeness (QED) is 0.854. The molecular formula is C15H15NO3. The number of hydrogen-bond donors (Lipinski definition) is 1. The van der Waals surface area contributed by atoms with Gasteiger partial charge in [-0.05, 0) is 24.8 Å². The molecule has 2 aromatic rings. The van der Waals surface area contributed by atoms with Crippen molar-refractivity contribution in [1.29, 1.82) is 0 Å². The highest BCUT2D eigenvalue weighted by atomic mass is 16.7. The molecule has 1 N–H and O–H groups in total. The Morgan fingerprint density at radius 1 is 1.05 bits per heavy atom. The summed E-state index contributed by atoms with van der Waals surface area (Å²) < 4.78 is 10.7. The molecule has 1 saturated carbocycles. The molecule has 2 aliphatic rings. The highest BCUT2D eigenvalue weighted by molar-refractivity contribution is 5.83. The van der Waals surface area contributed by atoms with Crippen LogP contribution >= 0.6 is 0 Å². The molecule has 1 aliphatic heterocycles. The van der Waals surface area contributed by atoms with Gasteiger partial charge in [0.15, 0.2) is 16.9 Å². The summed E-state index contributed by atoms with van der Waals surface area (Å²) in [5, 5.41) is 0.672. The molecule has 0 spiro atoms. The predicted octanol–water partition coefficient (Wildman–Crippen LogP) is 2.91. The second-order valence-electron chi connectivity index (χ2n) is 5.32. The van der Waals surface area contributed by atoms with E-state index in [1.165, 1.54) is 25.7 Å². The van der Waals surface area contributed by atoms with E-state index >= 15 is 0 Å². The first-order valence-electron chi connectivity index (χ1n) is 6.78. The maximum absolute atomic E-state index is 12.2. The molecule has 4 nitrogen and oxygen atoms in total. The summed E-state index contributed by atoms with van der Waals surface area (Å²) in [5.41, 5.74) is 1.97. The van der Waals surface area contributed by atoms with Crippen LogP contribution in [0.2, 0.25) is 0 Å². The molecule has 4 heteroatoms. The van der Waals surface area contributed by atoms with Crippen molar-refractivity contribution in [2.45, 2.75) is 31.6 Å². The van der Waals surface area contributed by atoms with Gasteiger partial charge in [-0.2, -0.15) is 0 Å². The van der Waals surface area contributed by atoms with Gasteiger partial charge in [0.05, 0.1) is 5.52 Å². The normalized spacial score (nSPS) is 18.3. The first-order valence-corrected chi connectivity index (χ1v) is 6.78. The van der Waals surface area contributed by atoms with Gasteiger partial charge in [0, 0.05) is 23.2 Å². The molecule has 0 radical (unpaired) electrons. The summed E-state index contributed by atoms with van der Waals surface area (Å²) in [7, 11) is 0. The third-order valence-electron chi connectivity index (χ3n) is 4.14. The second kappa shape index (κ2) is 4.02. The molecule has 0 amide bonds. The third-order valence-corrected chi connectivity index (χ3v) is 4.14. The fourth-order valence-electron chi connectivity index (χ4n) is 3.12. The number of ether oxygens (including phenoxy) is 2. The van der Waals surface area contributed by atoms with Crippen molar-refractivity contribution < 1.29 is 9.47 Å². The number of benzene rings is 1. The molecule has 0 atom stereocenters. The topological polar surface area (TPSA) is 51.3 Å². The van der Waals surface area contributed by atoms with Crippen molar-refractivity contribution in [2.24, 2.45) is 0 Å². The van der Waals surface area contributed by atoms with Crippen LogP contribution in [-0.4, -0.2) is 11.8 Å². The smallest absolute Gasteiger partial charge is 0.231 e. The number of pyridine rings is 1. The van der Waals surface area contributed by atoms with Crippen molar-refractivity contribution in [1.82, 2.24) is 4.98 Å². The van der Waals surface area contributed by atoms with E-state index in [0.29, 0.717) is 22.8 Å². The molecule has 2 heterocycles. The summed E-state index contributed by atoms with van der Waals surface area (Å²) in [5.74, 6) is 1.88. The van der Waals surface area contributed by atoms with E-state index in [2.05, 4.69) is 4.98 Å². The Labute approximate surface area is 110 Å². The van der Waals surface area contributed by atoms with Crippen molar-refractivity contribution in [3.05, 3.63) is 34.1 Å². The number of rotatable bonds is 1. The van der Waals surface area contributed by atoms with E-state index in [4.69, 9.17) is 9.47 Å². The molecular weight excluding hydrogens is 242 g/mol. The van der Waals surface area contributed by atoms with Crippen molar-refractivity contribution >= 4 is 10.9 Å². The van der Waals surface area contributed by atoms with Crippen molar-refractivity contribution in [3.63, 3.8) is 0 Å². The molecule has 0 saturated heterocycles. The highest BCUT2D eigenvalue weighted by Gasteiger charge is 2.20. The van der Waals surface area contributed by atoms with Gasteiger partial charge in [-0.25, -0.2) is 0 Å². The van der Waals surface area contributed by atoms with Gasteiger partial charge in [-0.15, -0.1) is 0 Å². The summed E-state index contributed by atoms with van der Waals surface area (Å²) >= 11 is 0. The standard InChI is InChI=1S/C15H15NO3/c17-13-6-11(9-3-1-2-4-9)16-12-7-15-14(5-10(12)13)18-8-19-15/h5-7,9H,1-4,8H2,(H,16,17). The van der Waals surface area contributed by atoms with Crippen LogP contribution in [0.4, 0.5) is 0 Å². The maximum Gasteiger partial charge on any atom is 0.231 e. The van der Waals surface area contributed by atoms with E-state index in [9.17, 15) is 4.79 Å². The minimum Gasteiger partial charge on any atom is -0.454 e. The van der Waals surface area contributed by atoms with E-state index < -0.39 is 0 Å². The lowest BCUT2D eigenvalue weighted by Gasteiger charge is -2.11. The molecule has 1 aromatic heterocycles. The molecule has 19 heavy (non-hydrogen) atoms. The predicted molar refractivity (Wildman–Crippen MR) is 71.9 cm³/mol. The van der Waals surface area contributed by atoms with Crippen LogP contribution in [0.3, 0.4) is 0 Å². The lowest BCUT2D eigenvalue weighted by molar-refractivity contribution is 0.174. The van der Waals surface area contributed by atoms with Gasteiger partial charge in [0.25, 0.3) is 0 Å². The largest absolute Gasteiger partial charge is 0.454 e. The Kier molecular flexibility index (Phi) is 2.31. The zero-order chi connectivity index (χ0) is 12.8. The summed E-state index contributed by atoms with van der Waals surface area (Å²) in [6.45, 7) is 0.231. The number of hydrogen-bond acceptors (Lipinski definition) is 3. The SMILES string of the molecule is O=c1cc(C2CCCC2)[nH]c2cc3c(cc12)OCO3. The van der Waals surface area contributed by atoms with Crippen LogP contribution in [0.1, 0.15) is 37.3 Å². The Hall–Kier alpha value is -1.97. The van der Waals surface area contributed by atoms with Gasteiger partial charge in [0.2, 0.25) is 6.79 Å². The van der Waals surface area contributed by atoms with Crippen molar-refractivity contribution in [3.8, 4) is 11.5 Å². The van der Waals surface area contributed by atoms with Crippen molar-refractivity contribution in [2.75, 3.05) is 6.79 Å². The fourth-order valence-corrected chi connectivity index (χ4v) is 3.12. The lowest BCUT2D eigenvalue weighted by atomic mass is 10.0. The number of nitrogens with one attached hydrogen (secondary N) is 1. The van der Waals surface area contributed by atoms with Crippen LogP contribution < -0.4 is 14.9 Å². The molecule has 1 aliphatic carbocycles. The molecule has 0 bridgehead atoms. The Morgan fingerprint density at radius 3 is 2.58 bits per heavy atom. The van der Waals surface area contributed by atoms with Crippen LogP contribution in [0.25, 0.3) is 10.9 Å². The first kappa shape index (κ1) is 10.9. The summed E-state index contributed by atoms with van der Waals surface area (Å²) in [6, 6.07) is 5.40. The van der Waals surface area contributed by atoms with Crippen LogP contribution in [0, 0.1) is 0 Å². The second-order valence-corrected chi connectivity index (χ2v) is 5.32. The van der Waals surface area contributed by atoms with Crippen LogP contribution in [-0.2, 0) is 0 Å². The third kappa shape index (κ3) is 1.70. The molecule has 1 fully saturated rings. The van der Waals surface area contributed by atoms with Gasteiger partial charge < -0.3 is 14.5 Å². The number of aromatic nitrogens is 1. The summed E-state index contributed by atoms with van der Waals surface area (Å²) in [4.78, 5) is 15.6. The average molecular weight is 257 g/mol. The Balaban J connectivity index is 1.90. The fraction of sp³-hybridized carbons (Fsp3) is 0.400. The molecule has 4 rings (SSSR count). The van der Waals surface area contributed by atoms with E-state index in [1.54, 1.807) is 12.1 Å². The monoisotopic (exact) mass is 257 g/mol. The van der Waals surface area contributed by atoms with E-state index in [-0.39, 0.29) is 12.2 Å². The average Bonchev–Trinajstić information content (AvgIpc) is 3.07. The molecule has 0 unspecified atom stereocenters. The van der Waals surface area contributed by atoms with Gasteiger partial charge in [0.1, 0.15) is 0 Å². The van der Waals surface area contributed by atoms with Gasteiger partial charge in [-0.1, -0.05) is 12.8 Å². The minimum absolute atomic E-state index is 0.0638. The number of H-pyrrole nitrogens is 1. The van der Waals surface area contributed by atoms with Gasteiger partial charge >= 0.3 is 0 Å². The maximum atomic E-state index is 12.2. The number of fused-ring (bicyclic) bond motifs is 2. The summed E-state index contributed by atoms with van der Waals surface area (Å²) in [6.07, 6.45) is 4.86. The van der Waals surface area contributed by atoms with E-state index in [1.807, 2.05) is 6.07 Å². The molecule has 98 valence electrons. The van der Waals surface area contributed by atoms with Crippen LogP contribution in [0.15, 0.2) is 23.0 Å². The molecule has 1 aromatic carbocycles. The first-order chi connectivity index (χ1) is 9.31. The Morgan fingerprint density at radius 2 is 1.79 bits per heavy atom. The lowest BCUT2D eigenvalue weighted by Crippen LogP contribution is -2.07. The minimum atomic E-state index is 0.0638. The van der Waals surface area contributed by atoms with E-state index in [0.717, 1.165) is 11.2 Å². The zero-order valence-electron chi connectivity index (χ0n) is 10.6. The van der Waals surface area contributed by atoms with Crippen LogP contribution in [0.5, 0.6) is 11.5 Å². The zero-order valence-corrected chi connectivity index (χ0v) is 10.6. The Bertz CT molecular complexity index is 698. The highest BCUT2D eigenvalue weighted by Crippen LogP contribution is 2.36. The number of aromatic amines is 1.